The summed E-state index contributed by atoms with van der Waals surface area (Å²) >= 11 is 0. The molecule has 3 heteroatoms. The maximum absolute atomic E-state index is 9.52. The molecule has 2 aromatic rings. The molecule has 0 aliphatic heterocycles. The van der Waals surface area contributed by atoms with Gasteiger partial charge in [-0.25, -0.2) is 0 Å². The number of rotatable bonds is 5. The largest absolute Gasteiger partial charge is 0.508 e. The van der Waals surface area contributed by atoms with Crippen molar-refractivity contribution in [3.8, 4) is 5.75 Å². The van der Waals surface area contributed by atoms with Crippen molar-refractivity contribution in [2.75, 3.05) is 13.6 Å². The van der Waals surface area contributed by atoms with Crippen molar-refractivity contribution in [1.29, 1.82) is 0 Å². The van der Waals surface area contributed by atoms with Gasteiger partial charge in [0, 0.05) is 30.9 Å². The Kier molecular flexibility index (Phi) is 4.53. The summed E-state index contributed by atoms with van der Waals surface area (Å²) < 4.78 is 0. The highest BCUT2D eigenvalue weighted by Crippen LogP contribution is 2.22. The molecule has 0 aliphatic rings. The number of likely N-dealkylation sites (N-methyl/N-ethyl adjacent to an activating group) is 1. The summed E-state index contributed by atoms with van der Waals surface area (Å²) in [5.41, 5.74) is 2.24. The molecule has 0 unspecified atom stereocenters. The first-order valence-electron chi connectivity index (χ1n) is 6.56. The lowest BCUT2D eigenvalue weighted by atomic mass is 10.1. The van der Waals surface area contributed by atoms with Gasteiger partial charge >= 0.3 is 0 Å². The van der Waals surface area contributed by atoms with Gasteiger partial charge in [-0.2, -0.15) is 0 Å². The number of nitrogens with zero attached hydrogens (tertiary/aromatic N) is 2. The van der Waals surface area contributed by atoms with E-state index in [4.69, 9.17) is 0 Å². The van der Waals surface area contributed by atoms with Crippen molar-refractivity contribution < 1.29 is 5.11 Å². The average molecular weight is 256 g/mol. The van der Waals surface area contributed by atoms with Gasteiger partial charge in [0.05, 0.1) is 0 Å². The fourth-order valence-corrected chi connectivity index (χ4v) is 2.07. The Bertz CT molecular complexity index is 513. The minimum Gasteiger partial charge on any atom is -0.508 e. The van der Waals surface area contributed by atoms with Gasteiger partial charge in [0.25, 0.3) is 0 Å². The van der Waals surface area contributed by atoms with Gasteiger partial charge in [0.2, 0.25) is 0 Å². The molecular weight excluding hydrogens is 236 g/mol. The second-order valence-electron chi connectivity index (χ2n) is 4.82. The molecule has 1 aromatic carbocycles. The van der Waals surface area contributed by atoms with E-state index < -0.39 is 0 Å². The number of pyridine rings is 1. The topological polar surface area (TPSA) is 36.4 Å². The summed E-state index contributed by atoms with van der Waals surface area (Å²) in [6.45, 7) is 3.08. The summed E-state index contributed by atoms with van der Waals surface area (Å²) in [6.07, 6.45) is 2.76. The van der Waals surface area contributed by atoms with Crippen molar-refractivity contribution in [2.24, 2.45) is 0 Å². The minimum absolute atomic E-state index is 0.274. The molecule has 1 heterocycles. The van der Waals surface area contributed by atoms with Gasteiger partial charge in [-0.15, -0.1) is 0 Å². The smallest absolute Gasteiger partial charge is 0.115 e. The molecule has 0 spiro atoms. The highest BCUT2D eigenvalue weighted by molar-refractivity contribution is 5.29. The second kappa shape index (κ2) is 6.34. The van der Waals surface area contributed by atoms with Crippen LogP contribution in [0.3, 0.4) is 0 Å². The van der Waals surface area contributed by atoms with Crippen LogP contribution in [-0.2, 0) is 6.42 Å². The Morgan fingerprint density at radius 2 is 2.05 bits per heavy atom. The van der Waals surface area contributed by atoms with Crippen molar-refractivity contribution in [3.05, 3.63) is 59.9 Å². The summed E-state index contributed by atoms with van der Waals surface area (Å²) in [6, 6.07) is 13.7. The number of aromatic nitrogens is 1. The van der Waals surface area contributed by atoms with Gasteiger partial charge < -0.3 is 5.11 Å². The molecule has 0 amide bonds. The SMILES string of the molecule is C[C@H](c1cccc(O)c1)N(C)CCc1ccccn1. The highest BCUT2D eigenvalue weighted by Gasteiger charge is 2.11. The van der Waals surface area contributed by atoms with E-state index >= 15 is 0 Å². The van der Waals surface area contributed by atoms with Crippen LogP contribution in [0.2, 0.25) is 0 Å². The van der Waals surface area contributed by atoms with Crippen LogP contribution in [0.25, 0.3) is 0 Å². The monoisotopic (exact) mass is 256 g/mol. The first-order valence-corrected chi connectivity index (χ1v) is 6.56. The fraction of sp³-hybridized carbons (Fsp3) is 0.312. The molecule has 2 rings (SSSR count). The zero-order valence-electron chi connectivity index (χ0n) is 11.5. The number of benzene rings is 1. The van der Waals surface area contributed by atoms with Crippen LogP contribution >= 0.6 is 0 Å². The molecule has 1 aromatic heterocycles. The van der Waals surface area contributed by atoms with Gasteiger partial charge in [-0.05, 0) is 43.8 Å². The molecule has 0 saturated heterocycles. The molecule has 0 saturated carbocycles. The molecule has 1 atom stereocenters. The van der Waals surface area contributed by atoms with Crippen molar-refractivity contribution in [3.63, 3.8) is 0 Å². The average Bonchev–Trinajstić information content (AvgIpc) is 2.45. The first-order chi connectivity index (χ1) is 9.16. The summed E-state index contributed by atoms with van der Waals surface area (Å²) in [7, 11) is 2.09. The maximum Gasteiger partial charge on any atom is 0.115 e. The Morgan fingerprint density at radius 1 is 1.21 bits per heavy atom. The molecule has 0 bridgehead atoms. The predicted molar refractivity (Wildman–Crippen MR) is 77.1 cm³/mol. The van der Waals surface area contributed by atoms with E-state index in [0.717, 1.165) is 24.2 Å². The minimum atomic E-state index is 0.274. The van der Waals surface area contributed by atoms with Crippen molar-refractivity contribution in [1.82, 2.24) is 9.88 Å². The quantitative estimate of drug-likeness (QED) is 0.893. The van der Waals surface area contributed by atoms with E-state index in [9.17, 15) is 5.11 Å². The molecule has 19 heavy (non-hydrogen) atoms. The molecule has 1 N–H and O–H groups in total. The third-order valence-electron chi connectivity index (χ3n) is 3.46. The van der Waals surface area contributed by atoms with E-state index in [0.29, 0.717) is 5.75 Å². The number of hydrogen-bond acceptors (Lipinski definition) is 3. The van der Waals surface area contributed by atoms with E-state index in [2.05, 4.69) is 23.9 Å². The van der Waals surface area contributed by atoms with Crippen molar-refractivity contribution >= 4 is 0 Å². The van der Waals surface area contributed by atoms with Gasteiger partial charge in [-0.3, -0.25) is 9.88 Å². The van der Waals surface area contributed by atoms with Gasteiger partial charge in [-0.1, -0.05) is 18.2 Å². The van der Waals surface area contributed by atoms with Crippen LogP contribution in [0.1, 0.15) is 24.2 Å². The van der Waals surface area contributed by atoms with Crippen LogP contribution in [0.4, 0.5) is 0 Å². The normalized spacial score (nSPS) is 12.6. The van der Waals surface area contributed by atoms with E-state index in [1.807, 2.05) is 42.6 Å². The van der Waals surface area contributed by atoms with Crippen LogP contribution in [0.15, 0.2) is 48.7 Å². The first kappa shape index (κ1) is 13.6. The van der Waals surface area contributed by atoms with E-state index in [1.54, 1.807) is 6.07 Å². The number of aromatic hydroxyl groups is 1. The number of phenolic OH excluding ortho intramolecular Hbond substituents is 1. The molecule has 0 aliphatic carbocycles. The third-order valence-corrected chi connectivity index (χ3v) is 3.46. The number of phenols is 1. The molecule has 3 nitrogen and oxygen atoms in total. The lowest BCUT2D eigenvalue weighted by Gasteiger charge is -2.25. The number of hydrogen-bond donors (Lipinski definition) is 1. The van der Waals surface area contributed by atoms with Gasteiger partial charge in [0.15, 0.2) is 0 Å². The van der Waals surface area contributed by atoms with E-state index in [1.165, 1.54) is 0 Å². The van der Waals surface area contributed by atoms with Crippen LogP contribution in [-0.4, -0.2) is 28.6 Å². The Balaban J connectivity index is 1.94. The third kappa shape index (κ3) is 3.80. The molecule has 0 radical (unpaired) electrons. The lowest BCUT2D eigenvalue weighted by molar-refractivity contribution is 0.263. The summed E-state index contributed by atoms with van der Waals surface area (Å²) in [5.74, 6) is 0.322. The molecule has 100 valence electrons. The Morgan fingerprint density at radius 3 is 2.74 bits per heavy atom. The van der Waals surface area contributed by atoms with Gasteiger partial charge in [0.1, 0.15) is 5.75 Å². The Hall–Kier alpha value is -1.87. The van der Waals surface area contributed by atoms with E-state index in [-0.39, 0.29) is 6.04 Å². The van der Waals surface area contributed by atoms with Crippen LogP contribution in [0.5, 0.6) is 5.75 Å². The lowest BCUT2D eigenvalue weighted by Crippen LogP contribution is -2.25. The predicted octanol–water partition coefficient (Wildman–Crippen LogP) is 3.02. The zero-order chi connectivity index (χ0) is 13.7. The standard InChI is InChI=1S/C16H20N2O/c1-13(14-6-5-8-16(19)12-14)18(2)11-9-15-7-3-4-10-17-15/h3-8,10,12-13,19H,9,11H2,1-2H3/t13-/m1/s1. The Labute approximate surface area is 114 Å². The van der Waals surface area contributed by atoms with Crippen LogP contribution < -0.4 is 0 Å². The maximum atomic E-state index is 9.52. The molecule has 0 fully saturated rings. The van der Waals surface area contributed by atoms with Crippen LogP contribution in [0, 0.1) is 0 Å². The molecular formula is C16H20N2O. The van der Waals surface area contributed by atoms with Crippen molar-refractivity contribution in [2.45, 2.75) is 19.4 Å². The zero-order valence-corrected chi connectivity index (χ0v) is 11.5. The summed E-state index contributed by atoms with van der Waals surface area (Å²) in [4.78, 5) is 6.60. The highest BCUT2D eigenvalue weighted by atomic mass is 16.3. The fourth-order valence-electron chi connectivity index (χ4n) is 2.07. The second-order valence-corrected chi connectivity index (χ2v) is 4.82. The summed E-state index contributed by atoms with van der Waals surface area (Å²) in [5, 5.41) is 9.52.